The maximum Gasteiger partial charge on any atom is 0.136 e. The van der Waals surface area contributed by atoms with Gasteiger partial charge in [0.25, 0.3) is 0 Å². The Hall–Kier alpha value is -0.920. The molecule has 96 valence electrons. The first-order valence-corrected chi connectivity index (χ1v) is 6.55. The number of hydrogen-bond acceptors (Lipinski definition) is 2. The summed E-state index contributed by atoms with van der Waals surface area (Å²) in [5.74, 6) is 0.662. The Morgan fingerprint density at radius 2 is 1.76 bits per heavy atom. The summed E-state index contributed by atoms with van der Waals surface area (Å²) >= 11 is 0. The van der Waals surface area contributed by atoms with E-state index >= 15 is 0 Å². The second-order valence-corrected chi connectivity index (χ2v) is 6.08. The largest absolute Gasteiger partial charge is 0.299 e. The minimum absolute atomic E-state index is 0.0110. The molecule has 0 aliphatic heterocycles. The van der Waals surface area contributed by atoms with Gasteiger partial charge in [-0.05, 0) is 18.3 Å². The summed E-state index contributed by atoms with van der Waals surface area (Å²) in [5.41, 5.74) is -0.0849. The molecule has 0 aromatic carbocycles. The van der Waals surface area contributed by atoms with Crippen LogP contribution in [0.5, 0.6) is 0 Å². The second-order valence-electron chi connectivity index (χ2n) is 6.08. The van der Waals surface area contributed by atoms with E-state index in [-0.39, 0.29) is 28.8 Å². The average molecular weight is 236 g/mol. The van der Waals surface area contributed by atoms with Crippen LogP contribution in [-0.4, -0.2) is 11.6 Å². The first-order chi connectivity index (χ1) is 7.82. The lowest BCUT2D eigenvalue weighted by atomic mass is 9.83. The van der Waals surface area contributed by atoms with Gasteiger partial charge in [-0.15, -0.1) is 0 Å². The minimum Gasteiger partial charge on any atom is -0.299 e. The molecule has 17 heavy (non-hydrogen) atoms. The van der Waals surface area contributed by atoms with Gasteiger partial charge in [0.1, 0.15) is 11.6 Å². The molecule has 1 aliphatic carbocycles. The lowest BCUT2D eigenvalue weighted by molar-refractivity contribution is -0.125. The van der Waals surface area contributed by atoms with Gasteiger partial charge >= 0.3 is 0 Å². The number of carbonyl (C=O) groups is 2. The molecule has 0 N–H and O–H groups in total. The maximum atomic E-state index is 12.0. The fraction of sp³-hybridized carbons (Fsp3) is 0.733. The van der Waals surface area contributed by atoms with E-state index in [9.17, 15) is 9.59 Å². The molecule has 1 rings (SSSR count). The highest BCUT2D eigenvalue weighted by Crippen LogP contribution is 2.27. The lowest BCUT2D eigenvalue weighted by Gasteiger charge is -2.21. The van der Waals surface area contributed by atoms with Crippen LogP contribution in [0.25, 0.3) is 0 Å². The molecule has 0 radical (unpaired) electrons. The Balaban J connectivity index is 2.84. The summed E-state index contributed by atoms with van der Waals surface area (Å²) in [5, 5.41) is 0. The van der Waals surface area contributed by atoms with E-state index in [0.717, 1.165) is 6.42 Å². The molecule has 0 aromatic rings. The summed E-state index contributed by atoms with van der Waals surface area (Å²) in [4.78, 5) is 23.8. The third-order valence-electron chi connectivity index (χ3n) is 3.61. The van der Waals surface area contributed by atoms with Gasteiger partial charge in [-0.3, -0.25) is 9.59 Å². The number of carbonyl (C=O) groups excluding carboxylic acids is 2. The van der Waals surface area contributed by atoms with E-state index in [1.165, 1.54) is 0 Å². The Morgan fingerprint density at radius 3 is 2.41 bits per heavy atom. The molecule has 0 fully saturated rings. The molecule has 2 nitrogen and oxygen atoms in total. The van der Waals surface area contributed by atoms with Crippen molar-refractivity contribution in [3.05, 3.63) is 12.2 Å². The number of rotatable bonds is 0. The first-order valence-electron chi connectivity index (χ1n) is 6.55. The zero-order valence-electron chi connectivity index (χ0n) is 11.5. The first kappa shape index (κ1) is 14.1. The van der Waals surface area contributed by atoms with E-state index in [2.05, 4.69) is 26.0 Å². The van der Waals surface area contributed by atoms with Crippen molar-refractivity contribution in [3.8, 4) is 0 Å². The molecule has 0 amide bonds. The van der Waals surface area contributed by atoms with Crippen molar-refractivity contribution in [2.45, 2.75) is 53.4 Å². The summed E-state index contributed by atoms with van der Waals surface area (Å²) < 4.78 is 0. The Morgan fingerprint density at radius 1 is 1.12 bits per heavy atom. The standard InChI is InChI=1S/C15H24O2/c1-11-6-5-9-15(3,4)10-14(17)12(2)7-8-13(11)16/h5,9,11-12H,6-8,10H2,1-4H3/b9-5-/t11-,12-/m0/s1. The van der Waals surface area contributed by atoms with Gasteiger partial charge in [0.2, 0.25) is 0 Å². The molecule has 2 atom stereocenters. The lowest BCUT2D eigenvalue weighted by Crippen LogP contribution is -2.20. The molecule has 0 spiro atoms. The Labute approximate surface area is 104 Å². The van der Waals surface area contributed by atoms with E-state index in [1.807, 2.05) is 13.8 Å². The number of ketones is 2. The molecule has 0 unspecified atom stereocenters. The molecule has 0 aromatic heterocycles. The summed E-state index contributed by atoms with van der Waals surface area (Å²) in [6.07, 6.45) is 6.77. The summed E-state index contributed by atoms with van der Waals surface area (Å²) in [6, 6.07) is 0. The smallest absolute Gasteiger partial charge is 0.136 e. The van der Waals surface area contributed by atoms with Gasteiger partial charge in [0.15, 0.2) is 0 Å². The molecular weight excluding hydrogens is 212 g/mol. The number of allylic oxidation sites excluding steroid dienone is 2. The zero-order valence-corrected chi connectivity index (χ0v) is 11.5. The van der Waals surface area contributed by atoms with Gasteiger partial charge < -0.3 is 0 Å². The fourth-order valence-electron chi connectivity index (χ4n) is 2.17. The molecule has 0 bridgehead atoms. The van der Waals surface area contributed by atoms with Crippen LogP contribution in [-0.2, 0) is 9.59 Å². The monoisotopic (exact) mass is 236 g/mol. The predicted molar refractivity (Wildman–Crippen MR) is 69.7 cm³/mol. The molecular formula is C15H24O2. The number of hydrogen-bond donors (Lipinski definition) is 0. The van der Waals surface area contributed by atoms with Crippen LogP contribution in [0.15, 0.2) is 12.2 Å². The normalized spacial score (nSPS) is 32.9. The molecule has 0 heterocycles. The maximum absolute atomic E-state index is 12.0. The topological polar surface area (TPSA) is 34.1 Å². The van der Waals surface area contributed by atoms with Crippen molar-refractivity contribution in [2.24, 2.45) is 17.3 Å². The van der Waals surface area contributed by atoms with E-state index in [4.69, 9.17) is 0 Å². The highest BCUT2D eigenvalue weighted by Gasteiger charge is 2.24. The van der Waals surface area contributed by atoms with Crippen molar-refractivity contribution >= 4 is 11.6 Å². The van der Waals surface area contributed by atoms with Gasteiger partial charge in [-0.2, -0.15) is 0 Å². The second kappa shape index (κ2) is 5.61. The van der Waals surface area contributed by atoms with Crippen LogP contribution < -0.4 is 0 Å². The van der Waals surface area contributed by atoms with Crippen molar-refractivity contribution in [1.29, 1.82) is 0 Å². The van der Waals surface area contributed by atoms with Crippen LogP contribution in [0.2, 0.25) is 0 Å². The SMILES string of the molecule is C[C@H]1C/C=C\C(C)(C)CC(=O)[C@@H](C)CCC1=O. The Bertz CT molecular complexity index is 326. The molecule has 2 heteroatoms. The predicted octanol–water partition coefficient (Wildman–Crippen LogP) is 3.55. The number of Topliss-reactive ketones (excluding diaryl/α,β-unsaturated/α-hetero) is 2. The Kier molecular flexibility index (Phi) is 4.67. The molecule has 0 saturated heterocycles. The third kappa shape index (κ3) is 4.45. The molecule has 1 aliphatic rings. The van der Waals surface area contributed by atoms with Crippen molar-refractivity contribution < 1.29 is 9.59 Å². The fourth-order valence-corrected chi connectivity index (χ4v) is 2.17. The highest BCUT2D eigenvalue weighted by atomic mass is 16.1. The van der Waals surface area contributed by atoms with Gasteiger partial charge in [-0.1, -0.05) is 39.8 Å². The van der Waals surface area contributed by atoms with Gasteiger partial charge in [0, 0.05) is 24.7 Å². The van der Waals surface area contributed by atoms with Crippen LogP contribution in [0.1, 0.15) is 53.4 Å². The van der Waals surface area contributed by atoms with Crippen molar-refractivity contribution in [2.75, 3.05) is 0 Å². The van der Waals surface area contributed by atoms with E-state index in [1.54, 1.807) is 0 Å². The minimum atomic E-state index is -0.0849. The highest BCUT2D eigenvalue weighted by molar-refractivity contribution is 5.84. The van der Waals surface area contributed by atoms with Crippen LogP contribution in [0.4, 0.5) is 0 Å². The van der Waals surface area contributed by atoms with Crippen LogP contribution >= 0.6 is 0 Å². The average Bonchev–Trinajstić information content (AvgIpc) is 2.23. The van der Waals surface area contributed by atoms with Gasteiger partial charge in [-0.25, -0.2) is 0 Å². The third-order valence-corrected chi connectivity index (χ3v) is 3.61. The van der Waals surface area contributed by atoms with Crippen LogP contribution in [0.3, 0.4) is 0 Å². The van der Waals surface area contributed by atoms with Gasteiger partial charge in [0.05, 0.1) is 0 Å². The molecule has 0 saturated carbocycles. The zero-order chi connectivity index (χ0) is 13.1. The van der Waals surface area contributed by atoms with E-state index < -0.39 is 0 Å². The van der Waals surface area contributed by atoms with E-state index in [0.29, 0.717) is 19.3 Å². The summed E-state index contributed by atoms with van der Waals surface area (Å²) in [6.45, 7) is 8.08. The van der Waals surface area contributed by atoms with Crippen LogP contribution in [0, 0.1) is 17.3 Å². The quantitative estimate of drug-likeness (QED) is 0.603. The van der Waals surface area contributed by atoms with Crippen molar-refractivity contribution in [1.82, 2.24) is 0 Å². The van der Waals surface area contributed by atoms with Crippen molar-refractivity contribution in [3.63, 3.8) is 0 Å². The summed E-state index contributed by atoms with van der Waals surface area (Å²) in [7, 11) is 0.